The number of nitrogens with zero attached hydrogens (tertiary/aromatic N) is 1. The molecule has 0 bridgehead atoms. The van der Waals surface area contributed by atoms with Gasteiger partial charge in [-0.3, -0.25) is 14.7 Å². The van der Waals surface area contributed by atoms with Gasteiger partial charge in [0.2, 0.25) is 5.91 Å². The zero-order valence-corrected chi connectivity index (χ0v) is 13.5. The van der Waals surface area contributed by atoms with Gasteiger partial charge in [0.15, 0.2) is 11.5 Å². The minimum Gasteiger partial charge on any atom is -0.504 e. The number of phenolic OH excluding ortho intramolecular Hbond substituents is 1. The standard InChI is InChI=1S/C16H20N4O4/c1-3-24-14-8-11(4-6-13(14)21)9-17-19-15(22)7-5-12-10(2)18-20-16(12)23/h4,6,8-9,21H,3,5,7H2,1-2H3,(H,19,22)(H2,18,20,23)/b17-9+. The van der Waals surface area contributed by atoms with E-state index >= 15 is 0 Å². The van der Waals surface area contributed by atoms with Crippen LogP contribution in [0.1, 0.15) is 30.2 Å². The van der Waals surface area contributed by atoms with Crippen molar-refractivity contribution >= 4 is 12.1 Å². The molecule has 8 nitrogen and oxygen atoms in total. The lowest BCUT2D eigenvalue weighted by Gasteiger charge is -2.06. The molecule has 2 aromatic rings. The first-order valence-corrected chi connectivity index (χ1v) is 7.55. The smallest absolute Gasteiger partial charge is 0.267 e. The summed E-state index contributed by atoms with van der Waals surface area (Å²) in [5.41, 5.74) is 4.16. The zero-order chi connectivity index (χ0) is 17.5. The molecule has 4 N–H and O–H groups in total. The number of amides is 1. The predicted molar refractivity (Wildman–Crippen MR) is 89.5 cm³/mol. The number of benzene rings is 1. The third kappa shape index (κ3) is 4.48. The lowest BCUT2D eigenvalue weighted by atomic mass is 10.1. The van der Waals surface area contributed by atoms with E-state index in [1.165, 1.54) is 12.3 Å². The number of aromatic hydroxyl groups is 1. The Bertz CT molecular complexity index is 792. The number of hydrogen-bond acceptors (Lipinski definition) is 5. The highest BCUT2D eigenvalue weighted by Gasteiger charge is 2.08. The van der Waals surface area contributed by atoms with Crippen molar-refractivity contribution in [3.63, 3.8) is 0 Å². The molecule has 0 aliphatic heterocycles. The fourth-order valence-corrected chi connectivity index (χ4v) is 2.13. The van der Waals surface area contributed by atoms with Gasteiger partial charge in [0.25, 0.3) is 5.56 Å². The summed E-state index contributed by atoms with van der Waals surface area (Å²) in [6, 6.07) is 4.77. The Morgan fingerprint density at radius 3 is 2.88 bits per heavy atom. The molecule has 0 fully saturated rings. The van der Waals surface area contributed by atoms with Gasteiger partial charge in [-0.15, -0.1) is 0 Å². The second kappa shape index (κ2) is 8.00. The quantitative estimate of drug-likeness (QED) is 0.450. The van der Waals surface area contributed by atoms with Crippen molar-refractivity contribution in [3.05, 3.63) is 45.4 Å². The van der Waals surface area contributed by atoms with Crippen LogP contribution in [-0.4, -0.2) is 34.0 Å². The summed E-state index contributed by atoms with van der Waals surface area (Å²) in [5, 5.41) is 18.7. The first-order valence-electron chi connectivity index (χ1n) is 7.55. The summed E-state index contributed by atoms with van der Waals surface area (Å²) in [6.07, 6.45) is 1.94. The molecule has 2 rings (SSSR count). The SMILES string of the molecule is CCOc1cc(/C=N/NC(=O)CCc2c(C)[nH][nH]c2=O)ccc1O. The van der Waals surface area contributed by atoms with Gasteiger partial charge in [0, 0.05) is 17.7 Å². The number of nitrogens with one attached hydrogen (secondary N) is 3. The third-order valence-corrected chi connectivity index (χ3v) is 3.38. The van der Waals surface area contributed by atoms with Gasteiger partial charge in [-0.2, -0.15) is 5.10 Å². The van der Waals surface area contributed by atoms with E-state index < -0.39 is 0 Å². The van der Waals surface area contributed by atoms with Gasteiger partial charge in [-0.1, -0.05) is 0 Å². The van der Waals surface area contributed by atoms with Crippen molar-refractivity contribution < 1.29 is 14.6 Å². The number of carbonyl (C=O) groups is 1. The summed E-state index contributed by atoms with van der Waals surface area (Å²) in [6.45, 7) is 4.02. The Kier molecular flexibility index (Phi) is 5.78. The molecule has 0 saturated heterocycles. The van der Waals surface area contributed by atoms with Crippen LogP contribution < -0.4 is 15.7 Å². The highest BCUT2D eigenvalue weighted by atomic mass is 16.5. The van der Waals surface area contributed by atoms with E-state index in [0.29, 0.717) is 29.9 Å². The largest absolute Gasteiger partial charge is 0.504 e. The molecule has 0 atom stereocenters. The second-order valence-electron chi connectivity index (χ2n) is 5.14. The van der Waals surface area contributed by atoms with Crippen molar-refractivity contribution in [3.8, 4) is 11.5 Å². The molecule has 24 heavy (non-hydrogen) atoms. The molecule has 0 spiro atoms. The lowest BCUT2D eigenvalue weighted by Crippen LogP contribution is -2.19. The van der Waals surface area contributed by atoms with E-state index in [4.69, 9.17) is 4.74 Å². The molecule has 1 aromatic carbocycles. The maximum atomic E-state index is 11.8. The number of hydrazone groups is 1. The molecule has 0 saturated carbocycles. The summed E-state index contributed by atoms with van der Waals surface area (Å²) in [5.74, 6) is 0.107. The van der Waals surface area contributed by atoms with E-state index in [1.54, 1.807) is 19.1 Å². The Morgan fingerprint density at radius 1 is 1.42 bits per heavy atom. The normalized spacial score (nSPS) is 10.9. The fourth-order valence-electron chi connectivity index (χ4n) is 2.13. The van der Waals surface area contributed by atoms with Crippen molar-refractivity contribution in [2.24, 2.45) is 5.10 Å². The average Bonchev–Trinajstić information content (AvgIpc) is 2.87. The van der Waals surface area contributed by atoms with Crippen LogP contribution in [-0.2, 0) is 11.2 Å². The van der Waals surface area contributed by atoms with Crippen molar-refractivity contribution in [1.82, 2.24) is 15.6 Å². The van der Waals surface area contributed by atoms with E-state index in [-0.39, 0.29) is 23.6 Å². The van der Waals surface area contributed by atoms with E-state index in [9.17, 15) is 14.7 Å². The van der Waals surface area contributed by atoms with E-state index in [2.05, 4.69) is 20.7 Å². The molecule has 0 radical (unpaired) electrons. The molecular weight excluding hydrogens is 312 g/mol. The molecule has 0 aliphatic rings. The predicted octanol–water partition coefficient (Wildman–Crippen LogP) is 1.20. The highest BCUT2D eigenvalue weighted by molar-refractivity contribution is 5.83. The summed E-state index contributed by atoms with van der Waals surface area (Å²) < 4.78 is 5.27. The Hall–Kier alpha value is -3.03. The molecule has 0 aliphatic carbocycles. The minimum absolute atomic E-state index is 0.0464. The van der Waals surface area contributed by atoms with Gasteiger partial charge in [0.1, 0.15) is 0 Å². The molecule has 1 amide bonds. The maximum absolute atomic E-state index is 11.8. The highest BCUT2D eigenvalue weighted by Crippen LogP contribution is 2.26. The zero-order valence-electron chi connectivity index (χ0n) is 13.5. The number of aromatic nitrogens is 2. The molecule has 128 valence electrons. The number of phenols is 1. The summed E-state index contributed by atoms with van der Waals surface area (Å²) >= 11 is 0. The number of hydrogen-bond donors (Lipinski definition) is 4. The molecule has 8 heteroatoms. The fraction of sp³-hybridized carbons (Fsp3) is 0.312. The average molecular weight is 332 g/mol. The van der Waals surface area contributed by atoms with Gasteiger partial charge < -0.3 is 14.9 Å². The van der Waals surface area contributed by atoms with Crippen molar-refractivity contribution in [1.29, 1.82) is 0 Å². The topological polar surface area (TPSA) is 120 Å². The van der Waals surface area contributed by atoms with Crippen LogP contribution in [0.4, 0.5) is 0 Å². The monoisotopic (exact) mass is 332 g/mol. The Labute approximate surface area is 138 Å². The van der Waals surface area contributed by atoms with E-state index in [1.807, 2.05) is 6.92 Å². The summed E-state index contributed by atoms with van der Waals surface area (Å²) in [4.78, 5) is 23.2. The summed E-state index contributed by atoms with van der Waals surface area (Å²) in [7, 11) is 0. The number of H-pyrrole nitrogens is 2. The van der Waals surface area contributed by atoms with Gasteiger partial charge in [-0.25, -0.2) is 5.43 Å². The molecule has 0 unspecified atom stereocenters. The number of ether oxygens (including phenoxy) is 1. The third-order valence-electron chi connectivity index (χ3n) is 3.38. The first-order chi connectivity index (χ1) is 11.5. The Morgan fingerprint density at radius 2 is 2.21 bits per heavy atom. The van der Waals surface area contributed by atoms with Crippen LogP contribution >= 0.6 is 0 Å². The van der Waals surface area contributed by atoms with Crippen molar-refractivity contribution in [2.75, 3.05) is 6.61 Å². The number of carbonyl (C=O) groups excluding carboxylic acids is 1. The van der Waals surface area contributed by atoms with Crippen LogP contribution in [0.15, 0.2) is 28.1 Å². The van der Waals surface area contributed by atoms with Crippen LogP contribution in [0.5, 0.6) is 11.5 Å². The maximum Gasteiger partial charge on any atom is 0.267 e. The van der Waals surface area contributed by atoms with Crippen LogP contribution in [0.3, 0.4) is 0 Å². The van der Waals surface area contributed by atoms with Gasteiger partial charge >= 0.3 is 0 Å². The lowest BCUT2D eigenvalue weighted by molar-refractivity contribution is -0.121. The van der Waals surface area contributed by atoms with Gasteiger partial charge in [-0.05, 0) is 44.0 Å². The number of aromatic amines is 2. The first kappa shape index (κ1) is 17.3. The van der Waals surface area contributed by atoms with Gasteiger partial charge in [0.05, 0.1) is 12.8 Å². The van der Waals surface area contributed by atoms with Crippen LogP contribution in [0, 0.1) is 6.92 Å². The Balaban J connectivity index is 1.88. The van der Waals surface area contributed by atoms with Crippen LogP contribution in [0.2, 0.25) is 0 Å². The van der Waals surface area contributed by atoms with Crippen molar-refractivity contribution in [2.45, 2.75) is 26.7 Å². The van der Waals surface area contributed by atoms with Crippen LogP contribution in [0.25, 0.3) is 0 Å². The minimum atomic E-state index is -0.296. The second-order valence-corrected chi connectivity index (χ2v) is 5.14. The van der Waals surface area contributed by atoms with E-state index in [0.717, 1.165) is 5.69 Å². The molecule has 1 heterocycles. The molecule has 1 aromatic heterocycles. The number of aryl methyl sites for hydroxylation is 1. The molecular formula is C16H20N4O4. The number of rotatable bonds is 7.